The summed E-state index contributed by atoms with van der Waals surface area (Å²) in [4.78, 5) is 12.6. The maximum atomic E-state index is 14.6. The maximum Gasteiger partial charge on any atom is 0.370 e. The normalized spacial score (nSPS) is 11.1. The first-order chi connectivity index (χ1) is 17.2. The standard InChI is InChI=1S/C24H23ClF2N6O3/c25-19-6-4-16(8-9-28)18(11-19)14-30-23(34)12-20-17(13-29)5-7-22(33(20)36)31-15-24(26,27)21-3-1-2-10-32(21)35/h1-7,10-11,36H,8-9,12,14-15,28H2,(H-,30,34,35)/p+2. The van der Waals surface area contributed by atoms with Crippen LogP contribution < -0.4 is 25.8 Å². The minimum Gasteiger partial charge on any atom is -0.352 e. The second kappa shape index (κ2) is 11.6. The quantitative estimate of drug-likeness (QED) is 0.205. The molecule has 0 atom stereocenters. The molecular formula is C24H25ClF2N6O3+2. The molecule has 6 N–H and O–H groups in total. The number of aromatic nitrogens is 2. The number of hydrogen-bond acceptors (Lipinski definition) is 6. The monoisotopic (exact) mass is 518 g/mol. The van der Waals surface area contributed by atoms with Crippen LogP contribution in [0.25, 0.3) is 0 Å². The molecule has 2 aromatic heterocycles. The fraction of sp³-hybridized carbons (Fsp3) is 0.250. The molecule has 0 radical (unpaired) electrons. The number of rotatable bonds is 10. The fourth-order valence-corrected chi connectivity index (χ4v) is 3.77. The predicted molar refractivity (Wildman–Crippen MR) is 125 cm³/mol. The first kappa shape index (κ1) is 26.6. The van der Waals surface area contributed by atoms with Gasteiger partial charge in [-0.2, -0.15) is 14.0 Å². The second-order valence-corrected chi connectivity index (χ2v) is 8.33. The lowest BCUT2D eigenvalue weighted by atomic mass is 10.0. The van der Waals surface area contributed by atoms with Crippen LogP contribution >= 0.6 is 11.6 Å². The third kappa shape index (κ3) is 6.35. The Labute approximate surface area is 210 Å². The van der Waals surface area contributed by atoms with Gasteiger partial charge in [0.2, 0.25) is 12.1 Å². The summed E-state index contributed by atoms with van der Waals surface area (Å²) in [5.74, 6) is -4.19. The Balaban J connectivity index is 1.74. The highest BCUT2D eigenvalue weighted by atomic mass is 35.5. The molecule has 9 nitrogen and oxygen atoms in total. The van der Waals surface area contributed by atoms with E-state index in [1.54, 1.807) is 12.1 Å². The fourth-order valence-electron chi connectivity index (χ4n) is 3.58. The molecular weight excluding hydrogens is 494 g/mol. The van der Waals surface area contributed by atoms with Gasteiger partial charge in [0.05, 0.1) is 12.0 Å². The van der Waals surface area contributed by atoms with E-state index in [1.807, 2.05) is 12.1 Å². The van der Waals surface area contributed by atoms with Gasteiger partial charge in [0.25, 0.3) is 0 Å². The van der Waals surface area contributed by atoms with Gasteiger partial charge in [-0.1, -0.05) is 17.7 Å². The molecule has 0 fully saturated rings. The number of halogens is 3. The number of hydrogen-bond donors (Lipinski definition) is 5. The predicted octanol–water partition coefficient (Wildman–Crippen LogP) is 1.83. The van der Waals surface area contributed by atoms with Crippen LogP contribution in [0.3, 0.4) is 0 Å². The number of alkyl halides is 2. The van der Waals surface area contributed by atoms with Gasteiger partial charge in [-0.15, -0.1) is 0 Å². The summed E-state index contributed by atoms with van der Waals surface area (Å²) in [6, 6.07) is 13.5. The van der Waals surface area contributed by atoms with Gasteiger partial charge in [-0.3, -0.25) is 15.3 Å². The summed E-state index contributed by atoms with van der Waals surface area (Å²) < 4.78 is 30.0. The Kier molecular flexibility index (Phi) is 8.58. The van der Waals surface area contributed by atoms with Crippen LogP contribution in [0, 0.1) is 11.3 Å². The maximum absolute atomic E-state index is 14.6. The van der Waals surface area contributed by atoms with Crippen LogP contribution in [0.4, 0.5) is 14.6 Å². The number of pyridine rings is 2. The van der Waals surface area contributed by atoms with E-state index in [1.165, 1.54) is 24.3 Å². The average molecular weight is 519 g/mol. The van der Waals surface area contributed by atoms with E-state index >= 15 is 0 Å². The number of carbonyl (C=O) groups is 1. The Morgan fingerprint density at radius 2 is 1.94 bits per heavy atom. The number of nitriles is 1. The lowest BCUT2D eigenvalue weighted by molar-refractivity contribution is -0.913. The van der Waals surface area contributed by atoms with Gasteiger partial charge in [0, 0.05) is 34.5 Å². The van der Waals surface area contributed by atoms with E-state index in [0.717, 1.165) is 23.4 Å². The Morgan fingerprint density at radius 3 is 2.64 bits per heavy atom. The Hall–Kier alpha value is -4.01. The van der Waals surface area contributed by atoms with Crippen molar-refractivity contribution in [3.63, 3.8) is 0 Å². The van der Waals surface area contributed by atoms with E-state index in [0.29, 0.717) is 27.4 Å². The molecule has 36 heavy (non-hydrogen) atoms. The number of anilines is 1. The first-order valence-electron chi connectivity index (χ1n) is 10.9. The highest BCUT2D eigenvalue weighted by Gasteiger charge is 2.43. The lowest BCUT2D eigenvalue weighted by Crippen LogP contribution is -2.45. The molecule has 0 saturated carbocycles. The third-order valence-electron chi connectivity index (χ3n) is 5.41. The van der Waals surface area contributed by atoms with Crippen molar-refractivity contribution in [2.75, 3.05) is 18.4 Å². The van der Waals surface area contributed by atoms with Gasteiger partial charge in [0.15, 0.2) is 12.2 Å². The minimum absolute atomic E-state index is 0.00667. The van der Waals surface area contributed by atoms with Gasteiger partial charge in [-0.25, -0.2) is 0 Å². The number of nitrogens with one attached hydrogen (secondary N) is 2. The summed E-state index contributed by atoms with van der Waals surface area (Å²) in [5, 5.41) is 35.3. The van der Waals surface area contributed by atoms with Crippen LogP contribution in [-0.2, 0) is 30.1 Å². The van der Waals surface area contributed by atoms with Crippen LogP contribution in [0.5, 0.6) is 0 Å². The van der Waals surface area contributed by atoms with Crippen molar-refractivity contribution in [2.45, 2.75) is 25.3 Å². The molecule has 188 valence electrons. The van der Waals surface area contributed by atoms with Crippen molar-refractivity contribution in [3.05, 3.63) is 87.8 Å². The van der Waals surface area contributed by atoms with Crippen molar-refractivity contribution in [1.82, 2.24) is 5.32 Å². The SMILES string of the molecule is N#Cc1ccc(NCC(F)(F)c2cccc[n+]2O)[n+](O)c1CC(=O)NCc1cc(Cl)ccc1CCN. The summed E-state index contributed by atoms with van der Waals surface area (Å²) in [6.45, 7) is -0.418. The highest BCUT2D eigenvalue weighted by Crippen LogP contribution is 2.25. The van der Waals surface area contributed by atoms with Crippen LogP contribution in [0.2, 0.25) is 5.02 Å². The molecule has 0 aliphatic rings. The highest BCUT2D eigenvalue weighted by molar-refractivity contribution is 6.30. The van der Waals surface area contributed by atoms with E-state index in [4.69, 9.17) is 17.3 Å². The number of amides is 1. The average Bonchev–Trinajstić information content (AvgIpc) is 2.85. The lowest BCUT2D eigenvalue weighted by Gasteiger charge is -2.13. The van der Waals surface area contributed by atoms with E-state index in [2.05, 4.69) is 10.6 Å². The molecule has 3 rings (SSSR count). The number of carbonyl (C=O) groups excluding carboxylic acids is 1. The minimum atomic E-state index is -3.51. The number of nitrogens with two attached hydrogens (primary N) is 1. The van der Waals surface area contributed by atoms with Gasteiger partial charge in [-0.05, 0) is 53.1 Å². The van der Waals surface area contributed by atoms with Crippen molar-refractivity contribution in [3.8, 4) is 6.07 Å². The topological polar surface area (TPSA) is 139 Å². The molecule has 2 heterocycles. The van der Waals surface area contributed by atoms with Crippen molar-refractivity contribution >= 4 is 23.3 Å². The molecule has 0 saturated heterocycles. The van der Waals surface area contributed by atoms with Crippen molar-refractivity contribution in [1.29, 1.82) is 5.26 Å². The smallest absolute Gasteiger partial charge is 0.352 e. The molecule has 12 heteroatoms. The van der Waals surface area contributed by atoms with Crippen LogP contribution in [0.15, 0.2) is 54.7 Å². The van der Waals surface area contributed by atoms with Crippen LogP contribution in [-0.4, -0.2) is 29.4 Å². The molecule has 0 aliphatic carbocycles. The van der Waals surface area contributed by atoms with Crippen LogP contribution in [0.1, 0.15) is 28.1 Å². The number of nitrogens with zero attached hydrogens (tertiary/aromatic N) is 3. The Morgan fingerprint density at radius 1 is 1.17 bits per heavy atom. The third-order valence-corrected chi connectivity index (χ3v) is 5.65. The molecule has 0 unspecified atom stereocenters. The number of benzene rings is 1. The summed E-state index contributed by atoms with van der Waals surface area (Å²) in [5.41, 5.74) is 6.57. The molecule has 0 spiro atoms. The van der Waals surface area contributed by atoms with Gasteiger partial charge in [0.1, 0.15) is 6.07 Å². The molecule has 3 aromatic rings. The largest absolute Gasteiger partial charge is 0.370 e. The molecule has 1 aromatic carbocycles. The summed E-state index contributed by atoms with van der Waals surface area (Å²) in [6.07, 6.45) is 1.26. The zero-order chi connectivity index (χ0) is 26.3. The van der Waals surface area contributed by atoms with Gasteiger partial charge < -0.3 is 16.3 Å². The summed E-state index contributed by atoms with van der Waals surface area (Å²) in [7, 11) is 0. The first-order valence-corrected chi connectivity index (χ1v) is 11.3. The van der Waals surface area contributed by atoms with Crippen molar-refractivity contribution < 1.29 is 33.5 Å². The zero-order valence-corrected chi connectivity index (χ0v) is 19.8. The van der Waals surface area contributed by atoms with Gasteiger partial charge >= 0.3 is 17.4 Å². The second-order valence-electron chi connectivity index (χ2n) is 7.90. The van der Waals surface area contributed by atoms with E-state index in [-0.39, 0.29) is 23.6 Å². The zero-order valence-electron chi connectivity index (χ0n) is 19.1. The molecule has 0 bridgehead atoms. The summed E-state index contributed by atoms with van der Waals surface area (Å²) >= 11 is 6.06. The molecule has 0 aliphatic heterocycles. The molecule has 1 amide bonds. The van der Waals surface area contributed by atoms with E-state index < -0.39 is 30.5 Å². The van der Waals surface area contributed by atoms with E-state index in [9.17, 15) is 29.3 Å². The Bertz CT molecular complexity index is 1300. The van der Waals surface area contributed by atoms with Crippen molar-refractivity contribution in [2.24, 2.45) is 5.73 Å².